The van der Waals surface area contributed by atoms with Crippen molar-refractivity contribution in [3.05, 3.63) is 29.8 Å². The highest BCUT2D eigenvalue weighted by molar-refractivity contribution is 6.18. The van der Waals surface area contributed by atoms with Gasteiger partial charge in [-0.2, -0.15) is 0 Å². The van der Waals surface area contributed by atoms with Crippen LogP contribution in [0.2, 0.25) is 0 Å². The summed E-state index contributed by atoms with van der Waals surface area (Å²) in [6.07, 6.45) is 0.331. The maximum Gasteiger partial charge on any atom is 0.227 e. The lowest BCUT2D eigenvalue weighted by molar-refractivity contribution is -0.138. The first kappa shape index (κ1) is 14.2. The minimum absolute atomic E-state index is 0.0300. The van der Waals surface area contributed by atoms with E-state index < -0.39 is 0 Å². The molecular weight excluding hydrogens is 266 g/mol. The minimum Gasteiger partial charge on any atom is -0.496 e. The van der Waals surface area contributed by atoms with E-state index in [4.69, 9.17) is 21.1 Å². The molecule has 4 nitrogen and oxygen atoms in total. The summed E-state index contributed by atoms with van der Waals surface area (Å²) in [6.45, 7) is 1.69. The average Bonchev–Trinajstić information content (AvgIpc) is 2.47. The van der Waals surface area contributed by atoms with E-state index in [1.165, 1.54) is 0 Å². The molecule has 0 saturated carbocycles. The van der Waals surface area contributed by atoms with Crippen LogP contribution in [0.4, 0.5) is 0 Å². The van der Waals surface area contributed by atoms with E-state index in [2.05, 4.69) is 0 Å². The second-order valence-electron chi connectivity index (χ2n) is 4.46. The van der Waals surface area contributed by atoms with Gasteiger partial charge in [0, 0.05) is 18.0 Å². The van der Waals surface area contributed by atoms with Crippen LogP contribution in [0, 0.1) is 0 Å². The summed E-state index contributed by atoms with van der Waals surface area (Å²) in [5, 5.41) is 0. The number of alkyl halides is 1. The van der Waals surface area contributed by atoms with Gasteiger partial charge in [0.25, 0.3) is 0 Å². The molecule has 1 heterocycles. The van der Waals surface area contributed by atoms with Crippen LogP contribution in [0.1, 0.15) is 5.56 Å². The molecular formula is C14H18ClNO3. The van der Waals surface area contributed by atoms with Gasteiger partial charge in [0.05, 0.1) is 32.8 Å². The van der Waals surface area contributed by atoms with Gasteiger partial charge >= 0.3 is 0 Å². The third-order valence-electron chi connectivity index (χ3n) is 3.26. The molecule has 1 saturated heterocycles. The molecule has 0 N–H and O–H groups in total. The standard InChI is InChI=1S/C14H18ClNO3/c1-18-13-5-3-2-4-11(13)8-14(17)16-6-7-19-10-12(16)9-15/h2-5,12H,6-10H2,1H3. The third kappa shape index (κ3) is 3.39. The minimum atomic E-state index is -0.0300. The molecule has 1 unspecified atom stereocenters. The van der Waals surface area contributed by atoms with Crippen LogP contribution in [0.15, 0.2) is 24.3 Å². The van der Waals surface area contributed by atoms with E-state index in [0.717, 1.165) is 11.3 Å². The fourth-order valence-electron chi connectivity index (χ4n) is 2.22. The van der Waals surface area contributed by atoms with Crippen LogP contribution in [-0.4, -0.2) is 49.6 Å². The Hall–Kier alpha value is -1.26. The Morgan fingerprint density at radius 3 is 3.05 bits per heavy atom. The lowest BCUT2D eigenvalue weighted by Crippen LogP contribution is -2.50. The van der Waals surface area contributed by atoms with Crippen molar-refractivity contribution in [1.29, 1.82) is 0 Å². The summed E-state index contributed by atoms with van der Waals surface area (Å²) < 4.78 is 10.6. The number of benzene rings is 1. The number of morpholine rings is 1. The van der Waals surface area contributed by atoms with Crippen molar-refractivity contribution < 1.29 is 14.3 Å². The van der Waals surface area contributed by atoms with Gasteiger partial charge in [-0.05, 0) is 6.07 Å². The summed E-state index contributed by atoms with van der Waals surface area (Å²) in [6, 6.07) is 7.54. The number of rotatable bonds is 4. The van der Waals surface area contributed by atoms with Gasteiger partial charge < -0.3 is 14.4 Å². The van der Waals surface area contributed by atoms with Crippen molar-refractivity contribution >= 4 is 17.5 Å². The molecule has 1 atom stereocenters. The van der Waals surface area contributed by atoms with Gasteiger partial charge in [-0.25, -0.2) is 0 Å². The van der Waals surface area contributed by atoms with Crippen LogP contribution in [-0.2, 0) is 16.0 Å². The maximum absolute atomic E-state index is 12.4. The predicted octanol–water partition coefficient (Wildman–Crippen LogP) is 1.70. The summed E-state index contributed by atoms with van der Waals surface area (Å²) in [5.41, 5.74) is 0.898. The van der Waals surface area contributed by atoms with Crippen molar-refractivity contribution in [3.63, 3.8) is 0 Å². The predicted molar refractivity (Wildman–Crippen MR) is 73.7 cm³/mol. The zero-order chi connectivity index (χ0) is 13.7. The third-order valence-corrected chi connectivity index (χ3v) is 3.62. The molecule has 1 fully saturated rings. The Balaban J connectivity index is 2.07. The number of hydrogen-bond acceptors (Lipinski definition) is 3. The molecule has 2 rings (SSSR count). The molecule has 0 radical (unpaired) electrons. The molecule has 1 aliphatic heterocycles. The van der Waals surface area contributed by atoms with Gasteiger partial charge in [-0.3, -0.25) is 4.79 Å². The first-order valence-electron chi connectivity index (χ1n) is 6.31. The highest BCUT2D eigenvalue weighted by Gasteiger charge is 2.26. The quantitative estimate of drug-likeness (QED) is 0.790. The highest BCUT2D eigenvalue weighted by Crippen LogP contribution is 2.19. The number of hydrogen-bond donors (Lipinski definition) is 0. The molecule has 0 spiro atoms. The molecule has 1 amide bonds. The number of amides is 1. The van der Waals surface area contributed by atoms with E-state index in [9.17, 15) is 4.79 Å². The van der Waals surface area contributed by atoms with Crippen LogP contribution in [0.5, 0.6) is 5.75 Å². The molecule has 104 valence electrons. The first-order chi connectivity index (χ1) is 9.26. The Bertz CT molecular complexity index is 438. The van der Waals surface area contributed by atoms with Crippen LogP contribution in [0.3, 0.4) is 0 Å². The van der Waals surface area contributed by atoms with Crippen molar-refractivity contribution in [2.45, 2.75) is 12.5 Å². The fourth-order valence-corrected chi connectivity index (χ4v) is 2.48. The molecule has 1 aliphatic rings. The maximum atomic E-state index is 12.4. The Morgan fingerprint density at radius 1 is 1.53 bits per heavy atom. The van der Waals surface area contributed by atoms with E-state index >= 15 is 0 Å². The Kier molecular flexibility index (Phi) is 5.05. The zero-order valence-electron chi connectivity index (χ0n) is 11.0. The number of carbonyl (C=O) groups excluding carboxylic acids is 1. The van der Waals surface area contributed by atoms with Crippen molar-refractivity contribution in [3.8, 4) is 5.75 Å². The first-order valence-corrected chi connectivity index (χ1v) is 6.84. The van der Waals surface area contributed by atoms with Gasteiger partial charge in [-0.15, -0.1) is 11.6 Å². The van der Waals surface area contributed by atoms with Crippen molar-refractivity contribution in [1.82, 2.24) is 4.90 Å². The number of nitrogens with zero attached hydrogens (tertiary/aromatic N) is 1. The Morgan fingerprint density at radius 2 is 2.32 bits per heavy atom. The van der Waals surface area contributed by atoms with Gasteiger partial charge in [0.1, 0.15) is 5.75 Å². The number of ether oxygens (including phenoxy) is 2. The van der Waals surface area contributed by atoms with Gasteiger partial charge in [-0.1, -0.05) is 18.2 Å². The normalized spacial score (nSPS) is 19.3. The monoisotopic (exact) mass is 283 g/mol. The smallest absolute Gasteiger partial charge is 0.227 e. The van der Waals surface area contributed by atoms with Crippen LogP contribution in [0.25, 0.3) is 0 Å². The molecule has 1 aromatic carbocycles. The fraction of sp³-hybridized carbons (Fsp3) is 0.500. The van der Waals surface area contributed by atoms with Gasteiger partial charge in [0.2, 0.25) is 5.91 Å². The van der Waals surface area contributed by atoms with E-state index in [1.807, 2.05) is 29.2 Å². The topological polar surface area (TPSA) is 38.8 Å². The second-order valence-corrected chi connectivity index (χ2v) is 4.77. The van der Waals surface area contributed by atoms with Crippen molar-refractivity contribution in [2.75, 3.05) is 32.7 Å². The van der Waals surface area contributed by atoms with E-state index in [0.29, 0.717) is 32.1 Å². The molecule has 0 aliphatic carbocycles. The summed E-state index contributed by atoms with van der Waals surface area (Å²) in [7, 11) is 1.61. The number of methoxy groups -OCH3 is 1. The summed E-state index contributed by atoms with van der Waals surface area (Å²) in [4.78, 5) is 14.2. The highest BCUT2D eigenvalue weighted by atomic mass is 35.5. The average molecular weight is 284 g/mol. The molecule has 0 bridgehead atoms. The SMILES string of the molecule is COc1ccccc1CC(=O)N1CCOCC1CCl. The molecule has 1 aromatic rings. The number of carbonyl (C=O) groups is 1. The van der Waals surface area contributed by atoms with E-state index in [-0.39, 0.29) is 11.9 Å². The van der Waals surface area contributed by atoms with Crippen LogP contribution < -0.4 is 4.74 Å². The Labute approximate surface area is 118 Å². The summed E-state index contributed by atoms with van der Waals surface area (Å²) in [5.74, 6) is 1.21. The molecule has 5 heteroatoms. The summed E-state index contributed by atoms with van der Waals surface area (Å²) >= 11 is 5.88. The molecule has 0 aromatic heterocycles. The van der Waals surface area contributed by atoms with Crippen molar-refractivity contribution in [2.24, 2.45) is 0 Å². The largest absolute Gasteiger partial charge is 0.496 e. The second kappa shape index (κ2) is 6.78. The lowest BCUT2D eigenvalue weighted by Gasteiger charge is -2.34. The number of para-hydroxylation sites is 1. The zero-order valence-corrected chi connectivity index (χ0v) is 11.7. The molecule has 19 heavy (non-hydrogen) atoms. The van der Waals surface area contributed by atoms with Gasteiger partial charge in [0.15, 0.2) is 0 Å². The van der Waals surface area contributed by atoms with E-state index in [1.54, 1.807) is 7.11 Å². The van der Waals surface area contributed by atoms with Crippen LogP contribution >= 0.6 is 11.6 Å². The number of halogens is 1. The lowest BCUT2D eigenvalue weighted by atomic mass is 10.1.